The van der Waals surface area contributed by atoms with Gasteiger partial charge >= 0.3 is 0 Å². The van der Waals surface area contributed by atoms with Gasteiger partial charge in [-0.3, -0.25) is 0 Å². The van der Waals surface area contributed by atoms with Crippen LogP contribution >= 0.6 is 0 Å². The predicted molar refractivity (Wildman–Crippen MR) is 86.7 cm³/mol. The Bertz CT molecular complexity index is 740. The number of furan rings is 1. The van der Waals surface area contributed by atoms with Crippen LogP contribution in [0, 0.1) is 11.6 Å². The van der Waals surface area contributed by atoms with Crippen molar-refractivity contribution in [1.29, 1.82) is 0 Å². The van der Waals surface area contributed by atoms with E-state index in [1.165, 1.54) is 25.2 Å². The Kier molecular flexibility index (Phi) is 3.38. The van der Waals surface area contributed by atoms with Crippen LogP contribution in [0.2, 0.25) is 0 Å². The molecular weight excluding hydrogens is 298 g/mol. The van der Waals surface area contributed by atoms with Crippen LogP contribution in [-0.4, -0.2) is 24.2 Å². The first-order valence-electron chi connectivity index (χ1n) is 8.36. The minimum Gasteiger partial charge on any atom is -0.461 e. The summed E-state index contributed by atoms with van der Waals surface area (Å²) < 4.78 is 33.2. The zero-order valence-corrected chi connectivity index (χ0v) is 13.5. The molecule has 2 atom stereocenters. The van der Waals surface area contributed by atoms with Crippen molar-refractivity contribution in [2.45, 2.75) is 57.2 Å². The number of benzene rings is 1. The van der Waals surface area contributed by atoms with E-state index < -0.39 is 11.6 Å². The van der Waals surface area contributed by atoms with Crippen molar-refractivity contribution in [3.05, 3.63) is 30.0 Å². The SMILES string of the molecule is CC1(C)CN(c2cc(F)c(F)c3occc23)[C@@H]2CCCC[C@@H]2N1. The monoisotopic (exact) mass is 320 g/mol. The molecule has 0 radical (unpaired) electrons. The molecule has 3 nitrogen and oxygen atoms in total. The number of halogens is 2. The Morgan fingerprint density at radius 2 is 2.04 bits per heavy atom. The fraction of sp³-hybridized carbons (Fsp3) is 0.556. The van der Waals surface area contributed by atoms with Gasteiger partial charge in [0.1, 0.15) is 0 Å². The molecule has 1 saturated carbocycles. The van der Waals surface area contributed by atoms with E-state index in [1.807, 2.05) is 0 Å². The lowest BCUT2D eigenvalue weighted by molar-refractivity contribution is 0.199. The molecule has 0 bridgehead atoms. The summed E-state index contributed by atoms with van der Waals surface area (Å²) in [6, 6.07) is 3.78. The fourth-order valence-corrected chi connectivity index (χ4v) is 4.30. The number of hydrogen-bond donors (Lipinski definition) is 1. The minimum atomic E-state index is -0.900. The molecule has 1 aromatic heterocycles. The molecule has 2 fully saturated rings. The topological polar surface area (TPSA) is 28.4 Å². The summed E-state index contributed by atoms with van der Waals surface area (Å²) in [5, 5.41) is 4.39. The number of nitrogens with one attached hydrogen (secondary N) is 1. The van der Waals surface area contributed by atoms with E-state index in [0.717, 1.165) is 25.1 Å². The predicted octanol–water partition coefficient (Wildman–Crippen LogP) is 4.21. The smallest absolute Gasteiger partial charge is 0.202 e. The average molecular weight is 320 g/mol. The number of hydrogen-bond acceptors (Lipinski definition) is 3. The molecule has 124 valence electrons. The van der Waals surface area contributed by atoms with Crippen molar-refractivity contribution in [3.8, 4) is 0 Å². The van der Waals surface area contributed by atoms with Gasteiger partial charge in [0.05, 0.1) is 12.0 Å². The molecule has 2 aromatic rings. The highest BCUT2D eigenvalue weighted by molar-refractivity contribution is 5.92. The van der Waals surface area contributed by atoms with Gasteiger partial charge in [-0.15, -0.1) is 0 Å². The van der Waals surface area contributed by atoms with E-state index in [2.05, 4.69) is 24.1 Å². The maximum Gasteiger partial charge on any atom is 0.202 e. The zero-order chi connectivity index (χ0) is 16.2. The van der Waals surface area contributed by atoms with Crippen LogP contribution in [0.25, 0.3) is 11.0 Å². The van der Waals surface area contributed by atoms with Crippen molar-refractivity contribution >= 4 is 16.7 Å². The molecule has 5 heteroatoms. The van der Waals surface area contributed by atoms with Crippen molar-refractivity contribution in [2.24, 2.45) is 0 Å². The molecule has 1 aliphatic heterocycles. The van der Waals surface area contributed by atoms with Gasteiger partial charge in [-0.2, -0.15) is 4.39 Å². The first kappa shape index (κ1) is 14.9. The van der Waals surface area contributed by atoms with E-state index in [0.29, 0.717) is 17.5 Å². The summed E-state index contributed by atoms with van der Waals surface area (Å²) in [5.41, 5.74) is 0.696. The normalized spacial score (nSPS) is 27.2. The van der Waals surface area contributed by atoms with Gasteiger partial charge in [0.25, 0.3) is 0 Å². The van der Waals surface area contributed by atoms with Crippen molar-refractivity contribution in [3.63, 3.8) is 0 Å². The third kappa shape index (κ3) is 2.42. The quantitative estimate of drug-likeness (QED) is 0.853. The molecule has 2 aliphatic rings. The van der Waals surface area contributed by atoms with E-state index >= 15 is 0 Å². The molecular formula is C18H22F2N2O. The lowest BCUT2D eigenvalue weighted by Gasteiger charge is -2.52. The molecule has 1 aromatic carbocycles. The Hall–Kier alpha value is -1.62. The van der Waals surface area contributed by atoms with E-state index in [-0.39, 0.29) is 11.1 Å². The van der Waals surface area contributed by atoms with Crippen molar-refractivity contribution < 1.29 is 13.2 Å². The van der Waals surface area contributed by atoms with Crippen LogP contribution in [0.4, 0.5) is 14.5 Å². The molecule has 0 unspecified atom stereocenters. The molecule has 4 rings (SSSR count). The van der Waals surface area contributed by atoms with Gasteiger partial charge in [0, 0.05) is 35.6 Å². The average Bonchev–Trinajstić information content (AvgIpc) is 2.99. The van der Waals surface area contributed by atoms with Gasteiger partial charge < -0.3 is 14.6 Å². The van der Waals surface area contributed by atoms with Gasteiger partial charge in [-0.05, 0) is 32.8 Å². The Morgan fingerprint density at radius 3 is 2.87 bits per heavy atom. The van der Waals surface area contributed by atoms with Crippen LogP contribution in [0.5, 0.6) is 0 Å². The number of fused-ring (bicyclic) bond motifs is 2. The third-order valence-electron chi connectivity index (χ3n) is 5.19. The number of nitrogens with zero attached hydrogens (tertiary/aromatic N) is 1. The van der Waals surface area contributed by atoms with Crippen LogP contribution < -0.4 is 10.2 Å². The second-order valence-corrected chi connectivity index (χ2v) is 7.47. The molecule has 23 heavy (non-hydrogen) atoms. The maximum atomic E-state index is 14.1. The Morgan fingerprint density at radius 1 is 1.26 bits per heavy atom. The van der Waals surface area contributed by atoms with Crippen LogP contribution in [0.3, 0.4) is 0 Å². The summed E-state index contributed by atoms with van der Waals surface area (Å²) in [6.07, 6.45) is 6.03. The summed E-state index contributed by atoms with van der Waals surface area (Å²) in [7, 11) is 0. The lowest BCUT2D eigenvalue weighted by Crippen LogP contribution is -2.67. The van der Waals surface area contributed by atoms with Crippen molar-refractivity contribution in [2.75, 3.05) is 11.4 Å². The summed E-state index contributed by atoms with van der Waals surface area (Å²) in [4.78, 5) is 2.26. The second kappa shape index (κ2) is 5.20. The van der Waals surface area contributed by atoms with Crippen LogP contribution in [0.1, 0.15) is 39.5 Å². The highest BCUT2D eigenvalue weighted by Gasteiger charge is 2.41. The molecule has 0 amide bonds. The van der Waals surface area contributed by atoms with Gasteiger partial charge in [0.15, 0.2) is 11.4 Å². The summed E-state index contributed by atoms with van der Waals surface area (Å²) in [6.45, 7) is 5.09. The molecule has 1 aliphatic carbocycles. The van der Waals surface area contributed by atoms with Crippen LogP contribution in [-0.2, 0) is 0 Å². The van der Waals surface area contributed by atoms with Gasteiger partial charge in [-0.1, -0.05) is 12.8 Å². The first-order valence-corrected chi connectivity index (χ1v) is 8.36. The molecule has 2 heterocycles. The van der Waals surface area contributed by atoms with Gasteiger partial charge in [0.2, 0.25) is 5.82 Å². The number of anilines is 1. The van der Waals surface area contributed by atoms with E-state index in [4.69, 9.17) is 4.42 Å². The maximum absolute atomic E-state index is 14.1. The highest BCUT2D eigenvalue weighted by atomic mass is 19.2. The fourth-order valence-electron chi connectivity index (χ4n) is 4.30. The number of rotatable bonds is 1. The largest absolute Gasteiger partial charge is 0.461 e. The highest BCUT2D eigenvalue weighted by Crippen LogP contribution is 2.38. The third-order valence-corrected chi connectivity index (χ3v) is 5.19. The van der Waals surface area contributed by atoms with Crippen LogP contribution in [0.15, 0.2) is 22.8 Å². The number of piperazine rings is 1. The van der Waals surface area contributed by atoms with E-state index in [1.54, 1.807) is 6.07 Å². The van der Waals surface area contributed by atoms with Crippen molar-refractivity contribution in [1.82, 2.24) is 5.32 Å². The van der Waals surface area contributed by atoms with E-state index in [9.17, 15) is 8.78 Å². The Balaban J connectivity index is 1.84. The molecule has 1 saturated heterocycles. The lowest BCUT2D eigenvalue weighted by atomic mass is 9.83. The standard InChI is InChI=1S/C18H22F2N2O/c1-18(2)10-22(14-6-4-3-5-13(14)21-18)15-9-12(19)16(20)17-11(15)7-8-23-17/h7-9,13-14,21H,3-6,10H2,1-2H3/t13-,14+/m0/s1. The Labute approximate surface area is 134 Å². The zero-order valence-electron chi connectivity index (χ0n) is 13.5. The minimum absolute atomic E-state index is 0.0173. The summed E-state index contributed by atoms with van der Waals surface area (Å²) >= 11 is 0. The second-order valence-electron chi connectivity index (χ2n) is 7.47. The molecule has 0 spiro atoms. The molecule has 1 N–H and O–H groups in total. The first-order chi connectivity index (χ1) is 11.0. The van der Waals surface area contributed by atoms with Gasteiger partial charge in [-0.25, -0.2) is 4.39 Å². The summed E-state index contributed by atoms with van der Waals surface area (Å²) in [5.74, 6) is -1.74.